The maximum Gasteiger partial charge on any atom is 0.260 e. The van der Waals surface area contributed by atoms with E-state index in [4.69, 9.17) is 27.9 Å². The quantitative estimate of drug-likeness (QED) is 0.930. The van der Waals surface area contributed by atoms with Crippen LogP contribution in [0.2, 0.25) is 10.0 Å². The smallest absolute Gasteiger partial charge is 0.260 e. The average Bonchev–Trinajstić information content (AvgIpc) is 2.40. The van der Waals surface area contributed by atoms with Gasteiger partial charge in [0, 0.05) is 31.7 Å². The molecule has 1 atom stereocenters. The lowest BCUT2D eigenvalue weighted by Gasteiger charge is -2.33. The molecule has 0 aliphatic carbocycles. The summed E-state index contributed by atoms with van der Waals surface area (Å²) >= 11 is 11.7. The highest BCUT2D eigenvalue weighted by atomic mass is 35.5. The summed E-state index contributed by atoms with van der Waals surface area (Å²) < 4.78 is 5.45. The Balaban J connectivity index is 1.90. The Morgan fingerprint density at radius 1 is 1.47 bits per heavy atom. The van der Waals surface area contributed by atoms with Gasteiger partial charge in [0.15, 0.2) is 6.61 Å². The molecule has 2 rings (SSSR count). The van der Waals surface area contributed by atoms with Crippen LogP contribution in [0.1, 0.15) is 6.92 Å². The number of rotatable bonds is 3. The van der Waals surface area contributed by atoms with Gasteiger partial charge in [0.2, 0.25) is 0 Å². The number of ether oxygens (including phenoxy) is 1. The van der Waals surface area contributed by atoms with Gasteiger partial charge in [0.05, 0.1) is 10.0 Å². The Labute approximate surface area is 122 Å². The average molecular weight is 303 g/mol. The van der Waals surface area contributed by atoms with Crippen LogP contribution in [-0.4, -0.2) is 43.1 Å². The third-order valence-electron chi connectivity index (χ3n) is 3.08. The van der Waals surface area contributed by atoms with Gasteiger partial charge in [-0.25, -0.2) is 0 Å². The van der Waals surface area contributed by atoms with Crippen molar-refractivity contribution in [2.45, 2.75) is 13.0 Å². The van der Waals surface area contributed by atoms with Crippen molar-refractivity contribution >= 4 is 29.1 Å². The van der Waals surface area contributed by atoms with Crippen molar-refractivity contribution in [3.05, 3.63) is 28.2 Å². The molecule has 1 N–H and O–H groups in total. The van der Waals surface area contributed by atoms with Crippen LogP contribution in [0, 0.1) is 0 Å². The third-order valence-corrected chi connectivity index (χ3v) is 3.81. The zero-order chi connectivity index (χ0) is 13.8. The Morgan fingerprint density at radius 3 is 2.95 bits per heavy atom. The summed E-state index contributed by atoms with van der Waals surface area (Å²) in [4.78, 5) is 13.9. The third kappa shape index (κ3) is 3.75. The van der Waals surface area contributed by atoms with Crippen molar-refractivity contribution in [3.63, 3.8) is 0 Å². The molecular weight excluding hydrogens is 287 g/mol. The fraction of sp³-hybridized carbons (Fsp3) is 0.462. The monoisotopic (exact) mass is 302 g/mol. The molecule has 4 nitrogen and oxygen atoms in total. The number of halogens is 2. The molecule has 1 amide bonds. The highest BCUT2D eigenvalue weighted by Crippen LogP contribution is 2.26. The minimum Gasteiger partial charge on any atom is -0.484 e. The second-order valence-corrected chi connectivity index (χ2v) is 5.32. The number of hydrogen-bond acceptors (Lipinski definition) is 3. The van der Waals surface area contributed by atoms with Crippen LogP contribution >= 0.6 is 23.2 Å². The van der Waals surface area contributed by atoms with Crippen LogP contribution < -0.4 is 10.1 Å². The van der Waals surface area contributed by atoms with Gasteiger partial charge in [-0.2, -0.15) is 0 Å². The van der Waals surface area contributed by atoms with E-state index in [2.05, 4.69) is 5.32 Å². The maximum absolute atomic E-state index is 12.0. The van der Waals surface area contributed by atoms with Crippen molar-refractivity contribution in [2.24, 2.45) is 0 Å². The van der Waals surface area contributed by atoms with E-state index in [1.54, 1.807) is 18.2 Å². The van der Waals surface area contributed by atoms with Gasteiger partial charge in [0.1, 0.15) is 5.75 Å². The van der Waals surface area contributed by atoms with Gasteiger partial charge in [-0.3, -0.25) is 4.79 Å². The maximum atomic E-state index is 12.0. The second kappa shape index (κ2) is 6.46. The second-order valence-electron chi connectivity index (χ2n) is 4.50. The number of benzene rings is 1. The van der Waals surface area contributed by atoms with Gasteiger partial charge >= 0.3 is 0 Å². The molecule has 1 aromatic carbocycles. The van der Waals surface area contributed by atoms with E-state index in [0.717, 1.165) is 13.1 Å². The Hall–Kier alpha value is -0.970. The normalized spacial score (nSPS) is 19.3. The molecule has 0 bridgehead atoms. The minimum absolute atomic E-state index is 0.0138. The Kier molecular flexibility index (Phi) is 4.91. The van der Waals surface area contributed by atoms with Crippen LogP contribution in [0.5, 0.6) is 5.75 Å². The molecule has 0 radical (unpaired) electrons. The molecule has 0 unspecified atom stereocenters. The van der Waals surface area contributed by atoms with E-state index in [9.17, 15) is 4.79 Å². The standard InChI is InChI=1S/C13H16Cl2N2O2/c1-9-7-16-4-5-17(9)13(18)8-19-10-2-3-11(14)12(15)6-10/h2-3,6,9,16H,4-5,7-8H2,1H3/t9-/m0/s1. The van der Waals surface area contributed by atoms with Gasteiger partial charge in [-0.05, 0) is 19.1 Å². The number of carbonyl (C=O) groups excluding carboxylic acids is 1. The van der Waals surface area contributed by atoms with Gasteiger partial charge < -0.3 is 15.0 Å². The molecule has 0 saturated carbocycles. The molecule has 1 fully saturated rings. The van der Waals surface area contributed by atoms with E-state index in [0.29, 0.717) is 22.3 Å². The summed E-state index contributed by atoms with van der Waals surface area (Å²) in [6.45, 7) is 4.39. The first-order chi connectivity index (χ1) is 9.08. The molecule has 1 heterocycles. The van der Waals surface area contributed by atoms with Crippen LogP contribution in [-0.2, 0) is 4.79 Å². The first kappa shape index (κ1) is 14.4. The molecule has 0 spiro atoms. The number of carbonyl (C=O) groups is 1. The fourth-order valence-electron chi connectivity index (χ4n) is 2.01. The van der Waals surface area contributed by atoms with Crippen molar-refractivity contribution in [1.29, 1.82) is 0 Å². The lowest BCUT2D eigenvalue weighted by molar-refractivity contribution is -0.136. The van der Waals surface area contributed by atoms with Gasteiger partial charge in [0.25, 0.3) is 5.91 Å². The van der Waals surface area contributed by atoms with E-state index < -0.39 is 0 Å². The SMILES string of the molecule is C[C@H]1CNCCN1C(=O)COc1ccc(Cl)c(Cl)c1. The zero-order valence-electron chi connectivity index (χ0n) is 10.7. The molecule has 0 aromatic heterocycles. The topological polar surface area (TPSA) is 41.6 Å². The largest absolute Gasteiger partial charge is 0.484 e. The lowest BCUT2D eigenvalue weighted by atomic mass is 10.2. The Bertz CT molecular complexity index is 468. The first-order valence-corrected chi connectivity index (χ1v) is 6.91. The molecular formula is C13H16Cl2N2O2. The molecule has 1 aliphatic heterocycles. The number of nitrogens with one attached hydrogen (secondary N) is 1. The highest BCUT2D eigenvalue weighted by molar-refractivity contribution is 6.42. The molecule has 19 heavy (non-hydrogen) atoms. The lowest BCUT2D eigenvalue weighted by Crippen LogP contribution is -2.53. The van der Waals surface area contributed by atoms with Crippen LogP contribution in [0.4, 0.5) is 0 Å². The Morgan fingerprint density at radius 2 is 2.26 bits per heavy atom. The summed E-state index contributed by atoms with van der Waals surface area (Å²) in [5, 5.41) is 4.13. The fourth-order valence-corrected chi connectivity index (χ4v) is 2.29. The van der Waals surface area contributed by atoms with Crippen molar-refractivity contribution < 1.29 is 9.53 Å². The molecule has 1 aliphatic rings. The van der Waals surface area contributed by atoms with Crippen LogP contribution in [0.25, 0.3) is 0 Å². The summed E-state index contributed by atoms with van der Waals surface area (Å²) in [6.07, 6.45) is 0. The van der Waals surface area contributed by atoms with Crippen LogP contribution in [0.3, 0.4) is 0 Å². The summed E-state index contributed by atoms with van der Waals surface area (Å²) in [5.74, 6) is 0.533. The summed E-state index contributed by atoms with van der Waals surface area (Å²) in [7, 11) is 0. The van der Waals surface area contributed by atoms with Gasteiger partial charge in [-0.15, -0.1) is 0 Å². The van der Waals surface area contributed by atoms with Crippen molar-refractivity contribution in [3.8, 4) is 5.75 Å². The number of amides is 1. The van der Waals surface area contributed by atoms with E-state index in [1.165, 1.54) is 0 Å². The van der Waals surface area contributed by atoms with E-state index in [-0.39, 0.29) is 18.6 Å². The highest BCUT2D eigenvalue weighted by Gasteiger charge is 2.23. The van der Waals surface area contributed by atoms with Crippen molar-refractivity contribution in [2.75, 3.05) is 26.2 Å². The van der Waals surface area contributed by atoms with Crippen molar-refractivity contribution in [1.82, 2.24) is 10.2 Å². The van der Waals surface area contributed by atoms with Crippen LogP contribution in [0.15, 0.2) is 18.2 Å². The summed E-state index contributed by atoms with van der Waals surface area (Å²) in [6, 6.07) is 5.15. The minimum atomic E-state index is -0.0138. The zero-order valence-corrected chi connectivity index (χ0v) is 12.2. The predicted octanol–water partition coefficient (Wildman–Crippen LogP) is 2.19. The number of nitrogens with zero attached hydrogens (tertiary/aromatic N) is 1. The number of piperazine rings is 1. The first-order valence-electron chi connectivity index (χ1n) is 6.16. The van der Waals surface area contributed by atoms with Gasteiger partial charge in [-0.1, -0.05) is 23.2 Å². The predicted molar refractivity (Wildman–Crippen MR) is 76.0 cm³/mol. The summed E-state index contributed by atoms with van der Waals surface area (Å²) in [5.41, 5.74) is 0. The molecule has 6 heteroatoms. The van der Waals surface area contributed by atoms with E-state index in [1.807, 2.05) is 11.8 Å². The van der Waals surface area contributed by atoms with E-state index >= 15 is 0 Å². The molecule has 1 saturated heterocycles. The molecule has 1 aromatic rings. The molecule has 104 valence electrons. The number of hydrogen-bond donors (Lipinski definition) is 1.